The number of methoxy groups -OCH3 is 1. The van der Waals surface area contributed by atoms with Gasteiger partial charge >= 0.3 is 0 Å². The number of nitrogens with one attached hydrogen (secondary N) is 2. The van der Waals surface area contributed by atoms with Crippen molar-refractivity contribution >= 4 is 10.0 Å². The summed E-state index contributed by atoms with van der Waals surface area (Å²) >= 11 is 0. The number of ether oxygens (including phenoxy) is 1. The maximum Gasteiger partial charge on any atom is 0.240 e. The fourth-order valence-electron chi connectivity index (χ4n) is 1.35. The second-order valence-electron chi connectivity index (χ2n) is 4.12. The zero-order valence-corrected chi connectivity index (χ0v) is 11.8. The zero-order chi connectivity index (χ0) is 13.6. The molecule has 1 unspecified atom stereocenters. The van der Waals surface area contributed by atoms with E-state index in [-0.39, 0.29) is 10.9 Å². The zero-order valence-electron chi connectivity index (χ0n) is 10.9. The molecule has 0 fully saturated rings. The molecule has 0 aliphatic rings. The Bertz CT molecular complexity index is 457. The van der Waals surface area contributed by atoms with Gasteiger partial charge in [0.05, 0.1) is 11.5 Å². The van der Waals surface area contributed by atoms with Crippen LogP contribution in [-0.4, -0.2) is 35.2 Å². The van der Waals surface area contributed by atoms with E-state index >= 15 is 0 Å². The molecule has 102 valence electrons. The molecule has 1 rings (SSSR count). The van der Waals surface area contributed by atoms with E-state index in [9.17, 15) is 8.42 Å². The highest BCUT2D eigenvalue weighted by atomic mass is 32.2. The molecular weight excluding hydrogens is 252 g/mol. The highest BCUT2D eigenvalue weighted by molar-refractivity contribution is 7.89. The van der Waals surface area contributed by atoms with E-state index in [2.05, 4.69) is 10.0 Å². The minimum absolute atomic E-state index is 0.0903. The molecule has 0 aromatic heterocycles. The van der Waals surface area contributed by atoms with E-state index < -0.39 is 10.0 Å². The first-order chi connectivity index (χ1) is 8.49. The topological polar surface area (TPSA) is 67.4 Å². The molecule has 6 heteroatoms. The predicted molar refractivity (Wildman–Crippen MR) is 70.9 cm³/mol. The standard InChI is InChI=1S/C12H20N2O3S/c1-10(13-2)8-14-18(15,16)12-6-4-11(5-7-12)9-17-3/h4-7,10,13-14H,8-9H2,1-3H3. The van der Waals surface area contributed by atoms with Gasteiger partial charge in [-0.25, -0.2) is 13.1 Å². The lowest BCUT2D eigenvalue weighted by molar-refractivity contribution is 0.185. The number of rotatable bonds is 7. The van der Waals surface area contributed by atoms with Crippen molar-refractivity contribution in [3.05, 3.63) is 29.8 Å². The van der Waals surface area contributed by atoms with Gasteiger partial charge in [0.1, 0.15) is 0 Å². The smallest absolute Gasteiger partial charge is 0.240 e. The van der Waals surface area contributed by atoms with Gasteiger partial charge in [-0.15, -0.1) is 0 Å². The Morgan fingerprint density at radius 1 is 1.28 bits per heavy atom. The minimum atomic E-state index is -3.43. The molecule has 5 nitrogen and oxygen atoms in total. The Morgan fingerprint density at radius 2 is 1.89 bits per heavy atom. The van der Waals surface area contributed by atoms with Crippen molar-refractivity contribution < 1.29 is 13.2 Å². The maximum atomic E-state index is 12.0. The maximum absolute atomic E-state index is 12.0. The van der Waals surface area contributed by atoms with Crippen molar-refractivity contribution in [1.29, 1.82) is 0 Å². The van der Waals surface area contributed by atoms with Crippen LogP contribution >= 0.6 is 0 Å². The molecule has 0 saturated heterocycles. The second kappa shape index (κ2) is 6.84. The SMILES string of the molecule is CNC(C)CNS(=O)(=O)c1ccc(COC)cc1. The summed E-state index contributed by atoms with van der Waals surface area (Å²) in [5.74, 6) is 0. The van der Waals surface area contributed by atoms with Crippen molar-refractivity contribution in [3.8, 4) is 0 Å². The van der Waals surface area contributed by atoms with Crippen LogP contribution in [0.15, 0.2) is 29.2 Å². The number of likely N-dealkylation sites (N-methyl/N-ethyl adjacent to an activating group) is 1. The van der Waals surface area contributed by atoms with Crippen LogP contribution in [0.5, 0.6) is 0 Å². The van der Waals surface area contributed by atoms with Crippen LogP contribution < -0.4 is 10.0 Å². The molecule has 0 heterocycles. The summed E-state index contributed by atoms with van der Waals surface area (Å²) in [6.07, 6.45) is 0. The van der Waals surface area contributed by atoms with Gasteiger partial charge in [-0.05, 0) is 31.7 Å². The average molecular weight is 272 g/mol. The van der Waals surface area contributed by atoms with E-state index in [0.717, 1.165) is 5.56 Å². The normalized spacial score (nSPS) is 13.5. The third-order valence-corrected chi connectivity index (χ3v) is 4.06. The van der Waals surface area contributed by atoms with Gasteiger partial charge in [-0.2, -0.15) is 0 Å². The van der Waals surface area contributed by atoms with Crippen LogP contribution in [-0.2, 0) is 21.4 Å². The van der Waals surface area contributed by atoms with E-state index in [1.165, 1.54) is 0 Å². The summed E-state index contributed by atoms with van der Waals surface area (Å²) in [7, 11) is -0.0352. The largest absolute Gasteiger partial charge is 0.380 e. The monoisotopic (exact) mass is 272 g/mol. The summed E-state index contributed by atoms with van der Waals surface area (Å²) in [6, 6.07) is 6.76. The van der Waals surface area contributed by atoms with Crippen molar-refractivity contribution in [3.63, 3.8) is 0 Å². The number of hydrogen-bond acceptors (Lipinski definition) is 4. The Balaban J connectivity index is 2.72. The highest BCUT2D eigenvalue weighted by Gasteiger charge is 2.14. The Kier molecular flexibility index (Phi) is 5.74. The van der Waals surface area contributed by atoms with Gasteiger partial charge in [-0.1, -0.05) is 12.1 Å². The first-order valence-corrected chi connectivity index (χ1v) is 7.22. The van der Waals surface area contributed by atoms with Crippen LogP contribution in [0.3, 0.4) is 0 Å². The first kappa shape index (κ1) is 15.1. The summed E-state index contributed by atoms with van der Waals surface area (Å²) < 4.78 is 31.4. The molecule has 1 atom stereocenters. The molecule has 0 bridgehead atoms. The van der Waals surface area contributed by atoms with Crippen LogP contribution in [0.2, 0.25) is 0 Å². The van der Waals surface area contributed by atoms with Crippen molar-refractivity contribution in [2.75, 3.05) is 20.7 Å². The predicted octanol–water partition coefficient (Wildman–Crippen LogP) is 0.719. The molecule has 0 aliphatic carbocycles. The van der Waals surface area contributed by atoms with E-state index in [1.54, 1.807) is 38.4 Å². The van der Waals surface area contributed by atoms with Gasteiger partial charge in [0.15, 0.2) is 0 Å². The quantitative estimate of drug-likeness (QED) is 0.767. The summed E-state index contributed by atoms with van der Waals surface area (Å²) in [5, 5.41) is 2.97. The van der Waals surface area contributed by atoms with Crippen molar-refractivity contribution in [2.24, 2.45) is 0 Å². The lowest BCUT2D eigenvalue weighted by Gasteiger charge is -2.12. The fourth-order valence-corrected chi connectivity index (χ4v) is 2.48. The van der Waals surface area contributed by atoms with Gasteiger partial charge in [-0.3, -0.25) is 0 Å². The second-order valence-corrected chi connectivity index (χ2v) is 5.89. The molecule has 18 heavy (non-hydrogen) atoms. The molecule has 0 spiro atoms. The molecule has 0 saturated carbocycles. The minimum Gasteiger partial charge on any atom is -0.380 e. The van der Waals surface area contributed by atoms with Crippen LogP contribution in [0.1, 0.15) is 12.5 Å². The Morgan fingerprint density at radius 3 is 2.39 bits per heavy atom. The molecule has 0 aliphatic heterocycles. The summed E-state index contributed by atoms with van der Waals surface area (Å²) in [6.45, 7) is 2.74. The van der Waals surface area contributed by atoms with E-state index in [0.29, 0.717) is 13.2 Å². The van der Waals surface area contributed by atoms with Crippen LogP contribution in [0, 0.1) is 0 Å². The lowest BCUT2D eigenvalue weighted by Crippen LogP contribution is -2.37. The lowest BCUT2D eigenvalue weighted by atomic mass is 10.2. The molecule has 1 aromatic carbocycles. The van der Waals surface area contributed by atoms with Crippen LogP contribution in [0.4, 0.5) is 0 Å². The number of benzene rings is 1. The molecule has 0 radical (unpaired) electrons. The number of hydrogen-bond donors (Lipinski definition) is 2. The van der Waals surface area contributed by atoms with Crippen LogP contribution in [0.25, 0.3) is 0 Å². The number of sulfonamides is 1. The highest BCUT2D eigenvalue weighted by Crippen LogP contribution is 2.11. The van der Waals surface area contributed by atoms with E-state index in [1.807, 2.05) is 6.92 Å². The third kappa shape index (κ3) is 4.38. The van der Waals surface area contributed by atoms with Gasteiger partial charge in [0.25, 0.3) is 0 Å². The van der Waals surface area contributed by atoms with Crippen molar-refractivity contribution in [2.45, 2.75) is 24.5 Å². The fraction of sp³-hybridized carbons (Fsp3) is 0.500. The molecular formula is C12H20N2O3S. The molecule has 1 aromatic rings. The average Bonchev–Trinajstić information content (AvgIpc) is 2.37. The van der Waals surface area contributed by atoms with Gasteiger partial charge < -0.3 is 10.1 Å². The van der Waals surface area contributed by atoms with Gasteiger partial charge in [0, 0.05) is 19.7 Å². The molecule has 2 N–H and O–H groups in total. The summed E-state index contributed by atoms with van der Waals surface area (Å²) in [4.78, 5) is 0.269. The third-order valence-electron chi connectivity index (χ3n) is 2.62. The van der Waals surface area contributed by atoms with Gasteiger partial charge in [0.2, 0.25) is 10.0 Å². The Hall–Kier alpha value is -0.950. The van der Waals surface area contributed by atoms with E-state index in [4.69, 9.17) is 4.74 Å². The summed E-state index contributed by atoms with van der Waals surface area (Å²) in [5.41, 5.74) is 0.944. The molecule has 0 amide bonds. The first-order valence-electron chi connectivity index (χ1n) is 5.74. The van der Waals surface area contributed by atoms with Crippen molar-refractivity contribution in [1.82, 2.24) is 10.0 Å². The Labute approximate surface area is 109 Å².